The van der Waals surface area contributed by atoms with Crippen LogP contribution in [0.4, 0.5) is 11.4 Å². The Morgan fingerprint density at radius 2 is 1.31 bits per heavy atom. The molecule has 32 heavy (non-hydrogen) atoms. The van der Waals surface area contributed by atoms with E-state index in [0.717, 1.165) is 39.1 Å². The number of amides is 2. The van der Waals surface area contributed by atoms with E-state index in [1.165, 1.54) is 13.8 Å². The van der Waals surface area contributed by atoms with Gasteiger partial charge in [-0.15, -0.1) is 0 Å². The van der Waals surface area contributed by atoms with Crippen molar-refractivity contribution in [2.45, 2.75) is 20.0 Å². The number of anilines is 2. The fourth-order valence-corrected chi connectivity index (χ4v) is 3.83. The number of aliphatic hydroxyl groups is 1. The second-order valence-corrected chi connectivity index (χ2v) is 7.75. The van der Waals surface area contributed by atoms with E-state index in [1.807, 2.05) is 66.7 Å². The standard InChI is InChI=1S/C27H24N2O3/c1-17(30)28-22-11-7-19(8-12-22)15-21-16-26(25-6-4-3-5-24(21)25)27(32)20-9-13-23(14-10-20)29-18(2)31/h3-16,27,32H,1-2H3,(H,28,30)(H,29,31)/b21-15+/t27-/m0/s1. The normalized spacial score (nSPS) is 14.5. The van der Waals surface area contributed by atoms with E-state index < -0.39 is 6.10 Å². The van der Waals surface area contributed by atoms with Crippen molar-refractivity contribution in [3.05, 3.63) is 101 Å². The Labute approximate surface area is 187 Å². The van der Waals surface area contributed by atoms with Gasteiger partial charge in [0, 0.05) is 25.2 Å². The number of fused-ring (bicyclic) bond motifs is 1. The minimum absolute atomic E-state index is 0.104. The maximum absolute atomic E-state index is 11.2. The van der Waals surface area contributed by atoms with E-state index in [9.17, 15) is 14.7 Å². The van der Waals surface area contributed by atoms with Crippen LogP contribution in [0.5, 0.6) is 0 Å². The number of allylic oxidation sites excluding steroid dienone is 2. The smallest absolute Gasteiger partial charge is 0.221 e. The molecule has 1 aliphatic rings. The molecular formula is C27H24N2O3. The number of nitrogens with one attached hydrogen (secondary N) is 2. The van der Waals surface area contributed by atoms with E-state index in [0.29, 0.717) is 5.69 Å². The van der Waals surface area contributed by atoms with E-state index in [2.05, 4.69) is 16.7 Å². The monoisotopic (exact) mass is 424 g/mol. The Morgan fingerprint density at radius 1 is 0.781 bits per heavy atom. The zero-order valence-electron chi connectivity index (χ0n) is 17.9. The number of aliphatic hydroxyl groups excluding tert-OH is 1. The molecule has 0 radical (unpaired) electrons. The molecule has 0 aliphatic heterocycles. The van der Waals surface area contributed by atoms with Gasteiger partial charge in [-0.3, -0.25) is 9.59 Å². The predicted octanol–water partition coefficient (Wildman–Crippen LogP) is 5.27. The summed E-state index contributed by atoms with van der Waals surface area (Å²) in [6.07, 6.45) is 3.28. The van der Waals surface area contributed by atoms with Crippen LogP contribution in [-0.4, -0.2) is 16.9 Å². The van der Waals surface area contributed by atoms with Crippen molar-refractivity contribution in [1.82, 2.24) is 0 Å². The van der Waals surface area contributed by atoms with Gasteiger partial charge in [-0.2, -0.15) is 0 Å². The molecule has 0 saturated carbocycles. The average molecular weight is 425 g/mol. The molecule has 0 heterocycles. The first-order valence-electron chi connectivity index (χ1n) is 10.4. The highest BCUT2D eigenvalue weighted by Gasteiger charge is 2.24. The lowest BCUT2D eigenvalue weighted by atomic mass is 9.96. The fraction of sp³-hybridized carbons (Fsp3) is 0.111. The summed E-state index contributed by atoms with van der Waals surface area (Å²) in [5, 5.41) is 16.6. The maximum Gasteiger partial charge on any atom is 0.221 e. The molecule has 1 atom stereocenters. The summed E-state index contributed by atoms with van der Waals surface area (Å²) in [6.45, 7) is 2.95. The van der Waals surface area contributed by atoms with Crippen LogP contribution in [0.2, 0.25) is 0 Å². The largest absolute Gasteiger partial charge is 0.384 e. The summed E-state index contributed by atoms with van der Waals surface area (Å²) in [4.78, 5) is 22.5. The number of hydrogen-bond acceptors (Lipinski definition) is 3. The Balaban J connectivity index is 1.64. The van der Waals surface area contributed by atoms with Crippen molar-refractivity contribution in [3.8, 4) is 0 Å². The number of carbonyl (C=O) groups excluding carboxylic acids is 2. The minimum atomic E-state index is -0.796. The zero-order chi connectivity index (χ0) is 22.7. The fourth-order valence-electron chi connectivity index (χ4n) is 3.83. The number of hydrogen-bond donors (Lipinski definition) is 3. The van der Waals surface area contributed by atoms with Gasteiger partial charge in [0.15, 0.2) is 0 Å². The molecular weight excluding hydrogens is 400 g/mol. The lowest BCUT2D eigenvalue weighted by Crippen LogP contribution is -2.06. The first-order chi connectivity index (χ1) is 15.4. The van der Waals surface area contributed by atoms with E-state index in [4.69, 9.17) is 0 Å². The van der Waals surface area contributed by atoms with Gasteiger partial charge >= 0.3 is 0 Å². The summed E-state index contributed by atoms with van der Waals surface area (Å²) in [7, 11) is 0. The minimum Gasteiger partial charge on any atom is -0.384 e. The summed E-state index contributed by atoms with van der Waals surface area (Å²) in [5.74, 6) is -0.238. The lowest BCUT2D eigenvalue weighted by Gasteiger charge is -2.14. The summed E-state index contributed by atoms with van der Waals surface area (Å²) < 4.78 is 0. The van der Waals surface area contributed by atoms with Crippen LogP contribution in [0, 0.1) is 0 Å². The molecule has 0 saturated heterocycles. The first-order valence-corrected chi connectivity index (χ1v) is 10.4. The average Bonchev–Trinajstić information content (AvgIpc) is 3.13. The van der Waals surface area contributed by atoms with Crippen LogP contribution in [0.25, 0.3) is 17.2 Å². The molecule has 0 unspecified atom stereocenters. The summed E-state index contributed by atoms with van der Waals surface area (Å²) in [6, 6.07) is 22.8. The third-order valence-electron chi connectivity index (χ3n) is 5.25. The molecule has 3 aromatic carbocycles. The molecule has 3 N–H and O–H groups in total. The van der Waals surface area contributed by atoms with Gasteiger partial charge in [-0.25, -0.2) is 0 Å². The third-order valence-corrected chi connectivity index (χ3v) is 5.25. The Hall–Kier alpha value is -3.96. The van der Waals surface area contributed by atoms with Crippen molar-refractivity contribution in [2.75, 3.05) is 10.6 Å². The zero-order valence-corrected chi connectivity index (χ0v) is 17.9. The highest BCUT2D eigenvalue weighted by atomic mass is 16.3. The molecule has 0 spiro atoms. The molecule has 5 nitrogen and oxygen atoms in total. The highest BCUT2D eigenvalue weighted by molar-refractivity contribution is 6.02. The number of rotatable bonds is 5. The van der Waals surface area contributed by atoms with Crippen molar-refractivity contribution in [1.29, 1.82) is 0 Å². The van der Waals surface area contributed by atoms with E-state index in [1.54, 1.807) is 12.1 Å². The SMILES string of the molecule is CC(=O)Nc1ccc(/C=C2\C=C([C@@H](O)c3ccc(NC(C)=O)cc3)c3ccccc32)cc1. The molecule has 4 rings (SSSR count). The van der Waals surface area contributed by atoms with Crippen LogP contribution in [0.3, 0.4) is 0 Å². The summed E-state index contributed by atoms with van der Waals surface area (Å²) in [5.41, 5.74) is 7.08. The topological polar surface area (TPSA) is 78.4 Å². The van der Waals surface area contributed by atoms with Gasteiger partial charge in [0.25, 0.3) is 0 Å². The third kappa shape index (κ3) is 4.68. The van der Waals surface area contributed by atoms with Gasteiger partial charge in [-0.05, 0) is 69.8 Å². The van der Waals surface area contributed by atoms with Gasteiger partial charge in [-0.1, -0.05) is 48.5 Å². The molecule has 1 aliphatic carbocycles. The lowest BCUT2D eigenvalue weighted by molar-refractivity contribution is -0.115. The first kappa shape index (κ1) is 21.3. The Morgan fingerprint density at radius 3 is 1.88 bits per heavy atom. The Bertz CT molecular complexity index is 1220. The Kier molecular flexibility index (Phi) is 6.01. The second kappa shape index (κ2) is 9.04. The van der Waals surface area contributed by atoms with Gasteiger partial charge in [0.1, 0.15) is 6.10 Å². The molecule has 0 bridgehead atoms. The molecule has 3 aromatic rings. The van der Waals surface area contributed by atoms with Gasteiger partial charge in [0.2, 0.25) is 11.8 Å². The maximum atomic E-state index is 11.2. The van der Waals surface area contributed by atoms with E-state index in [-0.39, 0.29) is 11.8 Å². The van der Waals surface area contributed by atoms with Crippen LogP contribution in [0.1, 0.15) is 42.2 Å². The molecule has 0 aromatic heterocycles. The van der Waals surface area contributed by atoms with Crippen molar-refractivity contribution in [3.63, 3.8) is 0 Å². The van der Waals surface area contributed by atoms with Gasteiger partial charge in [0.05, 0.1) is 0 Å². The number of carbonyl (C=O) groups is 2. The van der Waals surface area contributed by atoms with Crippen LogP contribution in [0.15, 0.2) is 78.9 Å². The van der Waals surface area contributed by atoms with Crippen LogP contribution >= 0.6 is 0 Å². The summed E-state index contributed by atoms with van der Waals surface area (Å²) >= 11 is 0. The highest BCUT2D eigenvalue weighted by Crippen LogP contribution is 2.42. The van der Waals surface area contributed by atoms with Crippen LogP contribution in [-0.2, 0) is 9.59 Å². The van der Waals surface area contributed by atoms with Crippen molar-refractivity contribution >= 4 is 40.4 Å². The molecule has 2 amide bonds. The van der Waals surface area contributed by atoms with Crippen molar-refractivity contribution in [2.24, 2.45) is 0 Å². The van der Waals surface area contributed by atoms with Gasteiger partial charge < -0.3 is 15.7 Å². The number of benzene rings is 3. The molecule has 0 fully saturated rings. The van der Waals surface area contributed by atoms with Crippen LogP contribution < -0.4 is 10.6 Å². The second-order valence-electron chi connectivity index (χ2n) is 7.75. The predicted molar refractivity (Wildman–Crippen MR) is 129 cm³/mol. The molecule has 5 heteroatoms. The van der Waals surface area contributed by atoms with Crippen molar-refractivity contribution < 1.29 is 14.7 Å². The quantitative estimate of drug-likeness (QED) is 0.522. The molecule has 160 valence electrons. The van der Waals surface area contributed by atoms with E-state index >= 15 is 0 Å².